The van der Waals surface area contributed by atoms with Crippen LogP contribution >= 0.6 is 11.6 Å². The number of piperazine rings is 1. The average Bonchev–Trinajstić information content (AvgIpc) is 3.18. The minimum Gasteiger partial charge on any atom is -0.366 e. The summed E-state index contributed by atoms with van der Waals surface area (Å²) in [5.74, 6) is -0.360. The van der Waals surface area contributed by atoms with E-state index >= 15 is 0 Å². The lowest BCUT2D eigenvalue weighted by Gasteiger charge is -2.35. The van der Waals surface area contributed by atoms with Crippen molar-refractivity contribution in [2.45, 2.75) is 0 Å². The van der Waals surface area contributed by atoms with E-state index in [0.29, 0.717) is 42.6 Å². The Bertz CT molecular complexity index is 966. The smallest absolute Gasteiger partial charge is 0.274 e. The quantitative estimate of drug-likeness (QED) is 0.692. The molecule has 4 rings (SSSR count). The SMILES string of the molecule is O=C(c1ccn(-c2cccc(Cl)c2)n1)N1CCN(c2ccccc2F)CC1. The van der Waals surface area contributed by atoms with Crippen LogP contribution in [0.5, 0.6) is 0 Å². The number of benzene rings is 2. The summed E-state index contributed by atoms with van der Waals surface area (Å²) in [6.45, 7) is 2.22. The summed E-state index contributed by atoms with van der Waals surface area (Å²) in [7, 11) is 0. The number of hydrogen-bond acceptors (Lipinski definition) is 3. The molecule has 0 aliphatic carbocycles. The number of rotatable bonds is 3. The molecule has 0 radical (unpaired) electrons. The molecule has 1 aliphatic heterocycles. The number of halogens is 2. The number of amides is 1. The molecule has 0 bridgehead atoms. The molecule has 3 aromatic rings. The lowest BCUT2D eigenvalue weighted by molar-refractivity contribution is 0.0740. The van der Waals surface area contributed by atoms with Gasteiger partial charge in [0, 0.05) is 37.4 Å². The summed E-state index contributed by atoms with van der Waals surface area (Å²) in [5.41, 5.74) is 1.76. The molecule has 2 aromatic carbocycles. The third-order valence-electron chi connectivity index (χ3n) is 4.64. The first-order chi connectivity index (χ1) is 13.1. The van der Waals surface area contributed by atoms with Crippen LogP contribution in [0, 0.1) is 5.82 Å². The van der Waals surface area contributed by atoms with Gasteiger partial charge < -0.3 is 9.80 Å². The standard InChI is InChI=1S/C20H18ClFN4O/c21-15-4-3-5-16(14-15)26-9-8-18(23-26)20(27)25-12-10-24(11-13-25)19-7-2-1-6-17(19)22/h1-9,14H,10-13H2. The van der Waals surface area contributed by atoms with Crippen molar-refractivity contribution in [3.8, 4) is 5.69 Å². The van der Waals surface area contributed by atoms with Crippen LogP contribution in [0.4, 0.5) is 10.1 Å². The summed E-state index contributed by atoms with van der Waals surface area (Å²) in [5, 5.41) is 4.99. The zero-order chi connectivity index (χ0) is 18.8. The van der Waals surface area contributed by atoms with Gasteiger partial charge in [0.25, 0.3) is 5.91 Å². The van der Waals surface area contributed by atoms with Crippen LogP contribution in [0.15, 0.2) is 60.8 Å². The molecule has 1 fully saturated rings. The maximum absolute atomic E-state index is 13.9. The van der Waals surface area contributed by atoms with E-state index in [1.165, 1.54) is 6.07 Å². The van der Waals surface area contributed by atoms with E-state index in [0.717, 1.165) is 5.69 Å². The Morgan fingerprint density at radius 3 is 2.52 bits per heavy atom. The number of aromatic nitrogens is 2. The van der Waals surface area contributed by atoms with Crippen molar-refractivity contribution in [3.05, 3.63) is 77.3 Å². The first-order valence-corrected chi connectivity index (χ1v) is 9.10. The molecular formula is C20H18ClFN4O. The molecule has 27 heavy (non-hydrogen) atoms. The fourth-order valence-corrected chi connectivity index (χ4v) is 3.41. The minimum absolute atomic E-state index is 0.121. The predicted octanol–water partition coefficient (Wildman–Crippen LogP) is 3.63. The second-order valence-electron chi connectivity index (χ2n) is 6.36. The topological polar surface area (TPSA) is 41.4 Å². The van der Waals surface area contributed by atoms with E-state index in [1.807, 2.05) is 23.1 Å². The zero-order valence-electron chi connectivity index (χ0n) is 14.6. The van der Waals surface area contributed by atoms with Crippen molar-refractivity contribution < 1.29 is 9.18 Å². The Morgan fingerprint density at radius 2 is 1.78 bits per heavy atom. The zero-order valence-corrected chi connectivity index (χ0v) is 15.3. The Kier molecular flexibility index (Phi) is 4.81. The molecule has 0 saturated carbocycles. The van der Waals surface area contributed by atoms with Gasteiger partial charge in [-0.2, -0.15) is 5.10 Å². The van der Waals surface area contributed by atoms with E-state index < -0.39 is 0 Å². The lowest BCUT2D eigenvalue weighted by atomic mass is 10.2. The summed E-state index contributed by atoms with van der Waals surface area (Å²) >= 11 is 6.01. The molecule has 1 aromatic heterocycles. The molecule has 138 valence electrons. The first kappa shape index (κ1) is 17.5. The van der Waals surface area contributed by atoms with Crippen LogP contribution in [0.3, 0.4) is 0 Å². The molecule has 0 N–H and O–H groups in total. The van der Waals surface area contributed by atoms with Gasteiger partial charge in [-0.25, -0.2) is 9.07 Å². The van der Waals surface area contributed by atoms with E-state index in [1.54, 1.807) is 46.1 Å². The highest BCUT2D eigenvalue weighted by Crippen LogP contribution is 2.21. The summed E-state index contributed by atoms with van der Waals surface area (Å²) in [6, 6.07) is 15.7. The van der Waals surface area contributed by atoms with Crippen molar-refractivity contribution >= 4 is 23.2 Å². The van der Waals surface area contributed by atoms with Crippen molar-refractivity contribution in [2.75, 3.05) is 31.1 Å². The third-order valence-corrected chi connectivity index (χ3v) is 4.88. The molecule has 1 aliphatic rings. The number of hydrogen-bond donors (Lipinski definition) is 0. The lowest BCUT2D eigenvalue weighted by Crippen LogP contribution is -2.49. The third kappa shape index (κ3) is 3.66. The molecule has 5 nitrogen and oxygen atoms in total. The van der Waals surface area contributed by atoms with Gasteiger partial charge in [-0.3, -0.25) is 4.79 Å². The number of anilines is 1. The Hall–Kier alpha value is -2.86. The van der Waals surface area contributed by atoms with E-state index in [2.05, 4.69) is 5.10 Å². The van der Waals surface area contributed by atoms with E-state index in [9.17, 15) is 9.18 Å². The molecular weight excluding hydrogens is 367 g/mol. The van der Waals surface area contributed by atoms with E-state index in [-0.39, 0.29) is 11.7 Å². The van der Waals surface area contributed by atoms with Gasteiger partial charge in [0.1, 0.15) is 5.82 Å². The van der Waals surface area contributed by atoms with Crippen molar-refractivity contribution in [1.82, 2.24) is 14.7 Å². The normalized spacial score (nSPS) is 14.4. The maximum Gasteiger partial charge on any atom is 0.274 e. The maximum atomic E-state index is 13.9. The van der Waals surface area contributed by atoms with Crippen molar-refractivity contribution in [1.29, 1.82) is 0 Å². The van der Waals surface area contributed by atoms with E-state index in [4.69, 9.17) is 11.6 Å². The Balaban J connectivity index is 1.43. The number of nitrogens with zero attached hydrogens (tertiary/aromatic N) is 4. The Morgan fingerprint density at radius 1 is 1.00 bits per heavy atom. The van der Waals surface area contributed by atoms with Gasteiger partial charge in [0.05, 0.1) is 11.4 Å². The van der Waals surface area contributed by atoms with Gasteiger partial charge >= 0.3 is 0 Å². The molecule has 2 heterocycles. The molecule has 0 spiro atoms. The minimum atomic E-state index is -0.238. The molecule has 0 atom stereocenters. The monoisotopic (exact) mass is 384 g/mol. The van der Waals surface area contributed by atoms with Gasteiger partial charge in [-0.1, -0.05) is 29.8 Å². The fourth-order valence-electron chi connectivity index (χ4n) is 3.22. The highest BCUT2D eigenvalue weighted by atomic mass is 35.5. The summed E-state index contributed by atoms with van der Waals surface area (Å²) in [6.07, 6.45) is 1.74. The van der Waals surface area contributed by atoms with Gasteiger partial charge in [0.15, 0.2) is 5.69 Å². The van der Waals surface area contributed by atoms with Crippen molar-refractivity contribution in [3.63, 3.8) is 0 Å². The van der Waals surface area contributed by atoms with Crippen LogP contribution in [-0.2, 0) is 0 Å². The molecule has 7 heteroatoms. The second kappa shape index (κ2) is 7.40. The molecule has 0 unspecified atom stereocenters. The summed E-state index contributed by atoms with van der Waals surface area (Å²) < 4.78 is 15.6. The average molecular weight is 385 g/mol. The van der Waals surface area contributed by atoms with Crippen LogP contribution < -0.4 is 4.90 Å². The van der Waals surface area contributed by atoms with Gasteiger partial charge in [0.2, 0.25) is 0 Å². The molecule has 1 amide bonds. The van der Waals surface area contributed by atoms with Gasteiger partial charge in [-0.15, -0.1) is 0 Å². The number of para-hydroxylation sites is 1. The summed E-state index contributed by atoms with van der Waals surface area (Å²) in [4.78, 5) is 16.5. The number of carbonyl (C=O) groups excluding carboxylic acids is 1. The van der Waals surface area contributed by atoms with Crippen LogP contribution in [0.25, 0.3) is 5.69 Å². The van der Waals surface area contributed by atoms with Crippen LogP contribution in [0.1, 0.15) is 10.5 Å². The van der Waals surface area contributed by atoms with Gasteiger partial charge in [-0.05, 0) is 36.4 Å². The number of carbonyl (C=O) groups is 1. The molecule has 1 saturated heterocycles. The van der Waals surface area contributed by atoms with Crippen LogP contribution in [-0.4, -0.2) is 46.8 Å². The largest absolute Gasteiger partial charge is 0.366 e. The highest BCUT2D eigenvalue weighted by molar-refractivity contribution is 6.30. The Labute approximate surface area is 161 Å². The first-order valence-electron chi connectivity index (χ1n) is 8.72. The van der Waals surface area contributed by atoms with Crippen LogP contribution in [0.2, 0.25) is 5.02 Å². The second-order valence-corrected chi connectivity index (χ2v) is 6.79. The fraction of sp³-hybridized carbons (Fsp3) is 0.200. The van der Waals surface area contributed by atoms with Crippen molar-refractivity contribution in [2.24, 2.45) is 0 Å². The predicted molar refractivity (Wildman–Crippen MR) is 103 cm³/mol. The highest BCUT2D eigenvalue weighted by Gasteiger charge is 2.25.